The summed E-state index contributed by atoms with van der Waals surface area (Å²) < 4.78 is 0. The van der Waals surface area contributed by atoms with E-state index < -0.39 is 65.9 Å². The lowest BCUT2D eigenvalue weighted by atomic mass is 9.89. The largest absolute Gasteiger partial charge is 0.513 e. The Morgan fingerprint density at radius 2 is 1.75 bits per heavy atom. The van der Waals surface area contributed by atoms with Gasteiger partial charge in [-0.05, 0) is 49.9 Å². The van der Waals surface area contributed by atoms with Crippen LogP contribution in [0.5, 0.6) is 0 Å². The quantitative estimate of drug-likeness (QED) is 0.197. The van der Waals surface area contributed by atoms with Gasteiger partial charge in [0.2, 0.25) is 29.5 Å². The number of aliphatic hydroxyl groups is 1. The predicted molar refractivity (Wildman–Crippen MR) is 178 cm³/mol. The van der Waals surface area contributed by atoms with Gasteiger partial charge in [-0.15, -0.1) is 0 Å². The van der Waals surface area contributed by atoms with Gasteiger partial charge in [0.1, 0.15) is 12.1 Å². The minimum absolute atomic E-state index is 0.150. The number of para-hydroxylation sites is 1. The summed E-state index contributed by atoms with van der Waals surface area (Å²) >= 11 is 0. The molecule has 1 aromatic heterocycles. The molecule has 48 heavy (non-hydrogen) atoms. The van der Waals surface area contributed by atoms with Gasteiger partial charge >= 0.3 is 0 Å². The fraction of sp³-hybridized carbons (Fsp3) is 0.529. The van der Waals surface area contributed by atoms with Gasteiger partial charge in [-0.1, -0.05) is 38.6 Å². The van der Waals surface area contributed by atoms with Gasteiger partial charge in [0.15, 0.2) is 5.78 Å². The van der Waals surface area contributed by atoms with Crippen LogP contribution >= 0.6 is 0 Å². The lowest BCUT2D eigenvalue weighted by Crippen LogP contribution is -2.59. The minimum atomic E-state index is -1.26. The Labute approximate surface area is 279 Å². The van der Waals surface area contributed by atoms with Crippen LogP contribution in [0.2, 0.25) is 0 Å². The van der Waals surface area contributed by atoms with Gasteiger partial charge in [-0.3, -0.25) is 28.8 Å². The predicted octanol–water partition coefficient (Wildman–Crippen LogP) is 0.446. The number of hydrogen-bond acceptors (Lipinski definition) is 8. The van der Waals surface area contributed by atoms with Crippen molar-refractivity contribution < 1.29 is 33.9 Å². The van der Waals surface area contributed by atoms with Crippen molar-refractivity contribution in [1.29, 1.82) is 0 Å². The fourth-order valence-electron chi connectivity index (χ4n) is 6.46. The summed E-state index contributed by atoms with van der Waals surface area (Å²) in [6.07, 6.45) is 2.61. The number of Topliss-reactive ketones (excluding diaryl/α,β-unsaturated/α-hetero) is 1. The zero-order chi connectivity index (χ0) is 35.0. The van der Waals surface area contributed by atoms with Crippen LogP contribution < -0.4 is 26.6 Å². The topological polar surface area (TPSA) is 202 Å². The van der Waals surface area contributed by atoms with Crippen molar-refractivity contribution in [3.8, 4) is 0 Å². The molecule has 1 unspecified atom stereocenters. The molecule has 0 aliphatic carbocycles. The van der Waals surface area contributed by atoms with Crippen molar-refractivity contribution >= 4 is 46.2 Å². The summed E-state index contributed by atoms with van der Waals surface area (Å²) in [5.74, 6) is -5.25. The maximum absolute atomic E-state index is 14.3. The Morgan fingerprint density at radius 3 is 2.44 bits per heavy atom. The van der Waals surface area contributed by atoms with Crippen LogP contribution in [-0.4, -0.2) is 102 Å². The van der Waals surface area contributed by atoms with Crippen molar-refractivity contribution in [1.82, 2.24) is 36.5 Å². The molecule has 0 spiro atoms. The number of carbonyl (C=O) groups excluding carboxylic acids is 6. The number of amides is 5. The van der Waals surface area contributed by atoms with E-state index >= 15 is 0 Å². The SMILES string of the molecule is C=C(O)C[C@@H]1NC(=O)CNC(=O)C(CNC(=O)C2CCNCC2)NC(=O)[C@H](C(C)C)N(C)C(=O)[C@@H](Cc2c[nH]c3ccccc23)CC1=O. The number of piperidine rings is 1. The molecule has 260 valence electrons. The first-order valence-electron chi connectivity index (χ1n) is 16.4. The number of nitrogens with one attached hydrogen (secondary N) is 6. The molecule has 5 amide bonds. The van der Waals surface area contributed by atoms with Crippen molar-refractivity contribution in [2.45, 2.75) is 64.1 Å². The zero-order valence-corrected chi connectivity index (χ0v) is 27.8. The molecule has 4 atom stereocenters. The fourth-order valence-corrected chi connectivity index (χ4v) is 6.46. The Kier molecular flexibility index (Phi) is 12.3. The number of ketones is 1. The number of aliphatic hydroxyl groups excluding tert-OH is 1. The van der Waals surface area contributed by atoms with Gasteiger partial charge in [-0.2, -0.15) is 0 Å². The van der Waals surface area contributed by atoms with Crippen LogP contribution in [0.1, 0.15) is 45.1 Å². The molecule has 3 heterocycles. The normalized spacial score (nSPS) is 24.0. The van der Waals surface area contributed by atoms with E-state index in [0.717, 1.165) is 16.5 Å². The number of aromatic nitrogens is 1. The van der Waals surface area contributed by atoms with Gasteiger partial charge in [-0.25, -0.2) is 0 Å². The third-order valence-electron chi connectivity index (χ3n) is 9.01. The Hall–Kier alpha value is -4.72. The molecular formula is C34H47N7O7. The molecule has 0 saturated carbocycles. The van der Waals surface area contributed by atoms with Gasteiger partial charge in [0, 0.05) is 55.4 Å². The smallest absolute Gasteiger partial charge is 0.244 e. The van der Waals surface area contributed by atoms with Crippen LogP contribution in [-0.2, 0) is 35.2 Å². The van der Waals surface area contributed by atoms with Crippen LogP contribution in [0.4, 0.5) is 0 Å². The highest BCUT2D eigenvalue weighted by Crippen LogP contribution is 2.26. The van der Waals surface area contributed by atoms with Crippen LogP contribution in [0.15, 0.2) is 42.8 Å². The van der Waals surface area contributed by atoms with Crippen molar-refractivity contribution in [3.63, 3.8) is 0 Å². The summed E-state index contributed by atoms with van der Waals surface area (Å²) in [6.45, 7) is 7.60. The van der Waals surface area contributed by atoms with E-state index in [1.165, 1.54) is 11.9 Å². The molecule has 4 rings (SSSR count). The minimum Gasteiger partial charge on any atom is -0.513 e. The lowest BCUT2D eigenvalue weighted by Gasteiger charge is -2.34. The summed E-state index contributed by atoms with van der Waals surface area (Å²) in [5, 5.41) is 24.5. The second-order valence-corrected chi connectivity index (χ2v) is 13.0. The van der Waals surface area contributed by atoms with E-state index in [1.54, 1.807) is 20.0 Å². The van der Waals surface area contributed by atoms with Gasteiger partial charge in [0.25, 0.3) is 0 Å². The van der Waals surface area contributed by atoms with E-state index in [1.807, 2.05) is 24.3 Å². The lowest BCUT2D eigenvalue weighted by molar-refractivity contribution is -0.145. The molecule has 2 saturated heterocycles. The monoisotopic (exact) mass is 665 g/mol. The summed E-state index contributed by atoms with van der Waals surface area (Å²) in [6, 6.07) is 4.03. The molecule has 14 heteroatoms. The highest BCUT2D eigenvalue weighted by molar-refractivity contribution is 5.97. The first-order chi connectivity index (χ1) is 22.8. The second-order valence-electron chi connectivity index (χ2n) is 13.0. The number of hydrogen-bond donors (Lipinski definition) is 7. The molecular weight excluding hydrogens is 618 g/mol. The number of aromatic amines is 1. The Bertz CT molecular complexity index is 1530. The number of nitrogens with zero attached hydrogens (tertiary/aromatic N) is 1. The second kappa shape index (κ2) is 16.4. The molecule has 2 aromatic rings. The third kappa shape index (κ3) is 9.21. The molecule has 2 fully saturated rings. The van der Waals surface area contributed by atoms with E-state index in [-0.39, 0.29) is 43.4 Å². The first-order valence-corrected chi connectivity index (χ1v) is 16.4. The number of carbonyl (C=O) groups is 6. The molecule has 2 aliphatic rings. The summed E-state index contributed by atoms with van der Waals surface area (Å²) in [7, 11) is 1.49. The van der Waals surface area contributed by atoms with E-state index in [9.17, 15) is 33.9 Å². The highest BCUT2D eigenvalue weighted by Gasteiger charge is 2.38. The molecule has 1 aromatic carbocycles. The van der Waals surface area contributed by atoms with Crippen molar-refractivity contribution in [2.75, 3.05) is 33.2 Å². The molecule has 0 bridgehead atoms. The van der Waals surface area contributed by atoms with E-state index in [2.05, 4.69) is 38.1 Å². The maximum atomic E-state index is 14.3. The first kappa shape index (κ1) is 36.1. The Morgan fingerprint density at radius 1 is 1.04 bits per heavy atom. The van der Waals surface area contributed by atoms with Gasteiger partial charge in [0.05, 0.1) is 18.3 Å². The van der Waals surface area contributed by atoms with Crippen LogP contribution in [0.25, 0.3) is 10.9 Å². The summed E-state index contributed by atoms with van der Waals surface area (Å²) in [5.41, 5.74) is 1.65. The molecule has 2 aliphatic heterocycles. The van der Waals surface area contributed by atoms with E-state index in [4.69, 9.17) is 0 Å². The highest BCUT2D eigenvalue weighted by atomic mass is 16.3. The number of likely N-dealkylation sites (N-methyl/N-ethyl adjacent to an activating group) is 1. The molecule has 7 N–H and O–H groups in total. The van der Waals surface area contributed by atoms with Crippen LogP contribution in [0, 0.1) is 17.8 Å². The zero-order valence-electron chi connectivity index (χ0n) is 27.8. The average Bonchev–Trinajstić information content (AvgIpc) is 3.46. The van der Waals surface area contributed by atoms with Crippen molar-refractivity contribution in [3.05, 3.63) is 48.4 Å². The average molecular weight is 666 g/mol. The maximum Gasteiger partial charge on any atom is 0.244 e. The summed E-state index contributed by atoms with van der Waals surface area (Å²) in [4.78, 5) is 85.5. The Balaban J connectivity index is 1.66. The number of H-pyrrole nitrogens is 1. The standard InChI is InChI=1S/C34H47N7O7/c1-19(2)30-33(47)40-27(17-37-31(45)21-9-11-35-12-10-21)32(46)38-18-29(44)39-26(13-20(3)42)28(43)15-22(34(48)41(30)4)14-23-16-36-25-8-6-5-7-24(23)25/h5-8,16,19,21-22,26-27,30,35-36,42H,3,9-15,17-18H2,1-2,4H3,(H,37,45)(H,38,46)(H,39,44)(H,40,47)/t22-,26-,27?,30-/m0/s1. The third-order valence-corrected chi connectivity index (χ3v) is 9.01. The number of fused-ring (bicyclic) bond motifs is 1. The number of benzene rings is 1. The number of rotatable bonds is 8. The molecule has 14 nitrogen and oxygen atoms in total. The van der Waals surface area contributed by atoms with E-state index in [0.29, 0.717) is 25.9 Å². The van der Waals surface area contributed by atoms with Crippen LogP contribution in [0.3, 0.4) is 0 Å². The van der Waals surface area contributed by atoms with Crippen molar-refractivity contribution in [2.24, 2.45) is 17.8 Å². The molecule has 0 radical (unpaired) electrons. The van der Waals surface area contributed by atoms with Gasteiger partial charge < -0.3 is 41.6 Å².